The number of hydrogen-bond acceptors (Lipinski definition) is 4. The number of rotatable bonds is 3. The minimum atomic E-state index is -0.217. The van der Waals surface area contributed by atoms with Gasteiger partial charge in [0.15, 0.2) is 0 Å². The summed E-state index contributed by atoms with van der Waals surface area (Å²) >= 11 is 1.33. The Morgan fingerprint density at radius 1 is 1.53 bits per heavy atom. The molecule has 0 fully saturated rings. The Kier molecular flexibility index (Phi) is 2.93. The number of anilines is 1. The van der Waals surface area contributed by atoms with Crippen molar-refractivity contribution in [3.63, 3.8) is 0 Å². The van der Waals surface area contributed by atoms with E-state index in [0.29, 0.717) is 10.2 Å². The highest BCUT2D eigenvalue weighted by Crippen LogP contribution is 2.28. The molecule has 0 saturated heterocycles. The molecule has 0 amide bonds. The van der Waals surface area contributed by atoms with E-state index < -0.39 is 0 Å². The van der Waals surface area contributed by atoms with Crippen LogP contribution in [-0.2, 0) is 0 Å². The van der Waals surface area contributed by atoms with E-state index >= 15 is 0 Å². The maximum absolute atomic E-state index is 11.7. The molecule has 2 rings (SSSR count). The van der Waals surface area contributed by atoms with Gasteiger partial charge in [-0.05, 0) is 5.57 Å². The van der Waals surface area contributed by atoms with Crippen molar-refractivity contribution in [3.8, 4) is 0 Å². The molecule has 0 spiro atoms. The molecule has 0 aliphatic rings. The lowest BCUT2D eigenvalue weighted by molar-refractivity contribution is 1.20. The van der Waals surface area contributed by atoms with Crippen molar-refractivity contribution >= 4 is 33.1 Å². The molecule has 0 aliphatic carbocycles. The molecule has 2 aromatic rings. The summed E-state index contributed by atoms with van der Waals surface area (Å²) < 4.78 is 0.561. The highest BCUT2D eigenvalue weighted by molar-refractivity contribution is 7.17. The smallest absolute Gasteiger partial charge is 0.270 e. The van der Waals surface area contributed by atoms with Crippen LogP contribution in [0.1, 0.15) is 5.56 Å². The second-order valence-corrected chi connectivity index (χ2v) is 4.22. The number of H-pyrrole nitrogens is 1. The molecule has 0 radical (unpaired) electrons. The third-order valence-electron chi connectivity index (χ3n) is 2.27. The topological polar surface area (TPSA) is 71.8 Å². The maximum atomic E-state index is 11.7. The van der Waals surface area contributed by atoms with Gasteiger partial charge in [-0.15, -0.1) is 11.3 Å². The van der Waals surface area contributed by atoms with Crippen LogP contribution in [0.25, 0.3) is 15.8 Å². The Balaban J connectivity index is 2.80. The monoisotopic (exact) mass is 245 g/mol. The molecule has 0 saturated carbocycles. The first kappa shape index (κ1) is 11.3. The zero-order chi connectivity index (χ0) is 12.4. The minimum Gasteiger partial charge on any atom is -0.369 e. The van der Waals surface area contributed by atoms with E-state index in [1.165, 1.54) is 11.3 Å². The molecule has 86 valence electrons. The van der Waals surface area contributed by atoms with Gasteiger partial charge in [0.2, 0.25) is 5.95 Å². The predicted octanol–water partition coefficient (Wildman–Crippen LogP) is 2.32. The number of aromatic amines is 1. The number of nitrogens with one attached hydrogen (secondary N) is 1. The molecular formula is C12H11N3OS. The van der Waals surface area contributed by atoms with Crippen LogP contribution in [0.2, 0.25) is 0 Å². The molecule has 2 heterocycles. The van der Waals surface area contributed by atoms with Gasteiger partial charge in [0, 0.05) is 10.9 Å². The predicted molar refractivity (Wildman–Crippen MR) is 73.0 cm³/mol. The summed E-state index contributed by atoms with van der Waals surface area (Å²) in [5.41, 5.74) is 7.63. The van der Waals surface area contributed by atoms with Crippen molar-refractivity contribution in [2.24, 2.45) is 0 Å². The zero-order valence-corrected chi connectivity index (χ0v) is 9.88. The second kappa shape index (κ2) is 4.39. The highest BCUT2D eigenvalue weighted by Gasteiger charge is 2.11. The average Bonchev–Trinajstić information content (AvgIpc) is 2.69. The van der Waals surface area contributed by atoms with Gasteiger partial charge in [0.25, 0.3) is 5.56 Å². The van der Waals surface area contributed by atoms with E-state index in [4.69, 9.17) is 5.73 Å². The van der Waals surface area contributed by atoms with Gasteiger partial charge >= 0.3 is 0 Å². The van der Waals surface area contributed by atoms with E-state index in [1.807, 2.05) is 11.5 Å². The van der Waals surface area contributed by atoms with Crippen molar-refractivity contribution in [2.75, 3.05) is 5.73 Å². The molecule has 17 heavy (non-hydrogen) atoms. The van der Waals surface area contributed by atoms with Crippen molar-refractivity contribution in [2.45, 2.75) is 0 Å². The lowest BCUT2D eigenvalue weighted by Crippen LogP contribution is -2.09. The third-order valence-corrected chi connectivity index (χ3v) is 3.24. The maximum Gasteiger partial charge on any atom is 0.270 e. The highest BCUT2D eigenvalue weighted by atomic mass is 32.1. The molecule has 0 aliphatic heterocycles. The van der Waals surface area contributed by atoms with Crippen molar-refractivity contribution in [3.05, 3.63) is 52.7 Å². The van der Waals surface area contributed by atoms with Gasteiger partial charge in [0.05, 0.1) is 5.52 Å². The van der Waals surface area contributed by atoms with Gasteiger partial charge in [-0.3, -0.25) is 9.78 Å². The summed E-state index contributed by atoms with van der Waals surface area (Å²) in [6, 6.07) is 0. The summed E-state index contributed by atoms with van der Waals surface area (Å²) in [6.45, 7) is 7.37. The fourth-order valence-electron chi connectivity index (χ4n) is 1.54. The Morgan fingerprint density at radius 3 is 2.94 bits per heavy atom. The van der Waals surface area contributed by atoms with Crippen LogP contribution in [-0.4, -0.2) is 9.97 Å². The molecule has 2 aromatic heterocycles. The van der Waals surface area contributed by atoms with E-state index in [2.05, 4.69) is 23.1 Å². The van der Waals surface area contributed by atoms with E-state index in [0.717, 1.165) is 11.1 Å². The number of fused-ring (bicyclic) bond motifs is 1. The molecule has 0 aromatic carbocycles. The van der Waals surface area contributed by atoms with E-state index in [1.54, 1.807) is 12.2 Å². The van der Waals surface area contributed by atoms with Crippen LogP contribution in [0.3, 0.4) is 0 Å². The van der Waals surface area contributed by atoms with Crippen LogP contribution in [0, 0.1) is 0 Å². The molecule has 5 heteroatoms. The summed E-state index contributed by atoms with van der Waals surface area (Å²) in [5, 5.41) is 1.86. The first-order valence-electron chi connectivity index (χ1n) is 4.90. The largest absolute Gasteiger partial charge is 0.369 e. The number of hydrogen-bond donors (Lipinski definition) is 2. The number of thiophene rings is 1. The van der Waals surface area contributed by atoms with Crippen LogP contribution in [0.5, 0.6) is 0 Å². The van der Waals surface area contributed by atoms with E-state index in [9.17, 15) is 4.79 Å². The SMILES string of the molecule is C=C/C=C(\C=C)c1csc2c(=O)[nH]c(N)nc12. The standard InChI is InChI=1S/C12H11N3OS/c1-3-5-7(4-2)8-6-17-10-9(8)14-12(13)15-11(10)16/h3-6H,1-2H2,(H3,13,14,15,16)/b7-5+. The first-order chi connectivity index (χ1) is 8.17. The number of nitrogen functional groups attached to an aromatic ring is 1. The normalized spacial score (nSPS) is 11.6. The van der Waals surface area contributed by atoms with Crippen LogP contribution >= 0.6 is 11.3 Å². The summed E-state index contributed by atoms with van der Waals surface area (Å²) in [7, 11) is 0. The Labute approximate surface area is 102 Å². The summed E-state index contributed by atoms with van der Waals surface area (Å²) in [6.07, 6.45) is 5.17. The summed E-state index contributed by atoms with van der Waals surface area (Å²) in [4.78, 5) is 18.3. The Hall–Kier alpha value is -2.14. The number of allylic oxidation sites excluding steroid dienone is 4. The lowest BCUT2D eigenvalue weighted by atomic mass is 10.1. The van der Waals surface area contributed by atoms with Gasteiger partial charge in [-0.1, -0.05) is 31.4 Å². The lowest BCUT2D eigenvalue weighted by Gasteiger charge is -1.99. The van der Waals surface area contributed by atoms with Crippen molar-refractivity contribution < 1.29 is 0 Å². The van der Waals surface area contributed by atoms with Crippen molar-refractivity contribution in [1.29, 1.82) is 0 Å². The zero-order valence-electron chi connectivity index (χ0n) is 9.06. The average molecular weight is 245 g/mol. The Bertz CT molecular complexity index is 679. The van der Waals surface area contributed by atoms with Gasteiger partial charge in [0.1, 0.15) is 4.70 Å². The fraction of sp³-hybridized carbons (Fsp3) is 0. The number of nitrogens with two attached hydrogens (primary N) is 1. The van der Waals surface area contributed by atoms with Crippen LogP contribution < -0.4 is 11.3 Å². The first-order valence-corrected chi connectivity index (χ1v) is 5.78. The van der Waals surface area contributed by atoms with Gasteiger partial charge in [-0.25, -0.2) is 4.98 Å². The minimum absolute atomic E-state index is 0.115. The molecular weight excluding hydrogens is 234 g/mol. The molecule has 0 unspecified atom stereocenters. The van der Waals surface area contributed by atoms with Crippen LogP contribution in [0.4, 0.5) is 5.95 Å². The quantitative estimate of drug-likeness (QED) is 0.815. The van der Waals surface area contributed by atoms with Gasteiger partial charge < -0.3 is 5.73 Å². The molecule has 4 nitrogen and oxygen atoms in total. The van der Waals surface area contributed by atoms with Crippen molar-refractivity contribution in [1.82, 2.24) is 9.97 Å². The summed E-state index contributed by atoms with van der Waals surface area (Å²) in [5.74, 6) is 0.115. The fourth-order valence-corrected chi connectivity index (χ4v) is 2.45. The molecule has 0 atom stereocenters. The second-order valence-electron chi connectivity index (χ2n) is 3.34. The Morgan fingerprint density at radius 2 is 2.29 bits per heavy atom. The van der Waals surface area contributed by atoms with Crippen LogP contribution in [0.15, 0.2) is 41.6 Å². The molecule has 3 N–H and O–H groups in total. The molecule has 0 bridgehead atoms. The number of nitrogens with zero attached hydrogens (tertiary/aromatic N) is 1. The van der Waals surface area contributed by atoms with E-state index in [-0.39, 0.29) is 11.5 Å². The number of aromatic nitrogens is 2. The van der Waals surface area contributed by atoms with Gasteiger partial charge in [-0.2, -0.15) is 0 Å². The third kappa shape index (κ3) is 1.92.